The number of hydrogen-bond donors (Lipinski definition) is 1. The van der Waals surface area contributed by atoms with E-state index in [0.717, 1.165) is 22.6 Å². The number of aryl methyl sites for hydroxylation is 2. The zero-order valence-electron chi connectivity index (χ0n) is 18.0. The Morgan fingerprint density at radius 1 is 1.13 bits per heavy atom. The lowest BCUT2D eigenvalue weighted by atomic mass is 9.95. The molecule has 1 aliphatic rings. The van der Waals surface area contributed by atoms with Crippen LogP contribution < -0.4 is 5.32 Å². The SMILES string of the molecule is CSc1nc2nc(C)c(CC(=O)N3CCC(C(=O)Nc4ccccc4)CC3)c(C)n2n1. The highest BCUT2D eigenvalue weighted by Crippen LogP contribution is 2.22. The van der Waals surface area contributed by atoms with Crippen molar-refractivity contribution >= 4 is 35.0 Å². The summed E-state index contributed by atoms with van der Waals surface area (Å²) < 4.78 is 1.71. The first-order chi connectivity index (χ1) is 15.0. The lowest BCUT2D eigenvalue weighted by molar-refractivity contribution is -0.133. The van der Waals surface area contributed by atoms with Crippen LogP contribution in [0.4, 0.5) is 5.69 Å². The standard InChI is InChI=1S/C22H26N6O2S/c1-14-18(15(2)28-21(23-14)25-22(26-28)31-3)13-19(29)27-11-9-16(10-12-27)20(30)24-17-7-5-4-6-8-17/h4-8,16H,9-13H2,1-3H3,(H,24,30). The van der Waals surface area contributed by atoms with E-state index in [1.54, 1.807) is 4.52 Å². The molecule has 0 bridgehead atoms. The molecule has 0 spiro atoms. The number of nitrogens with one attached hydrogen (secondary N) is 1. The highest BCUT2D eigenvalue weighted by Gasteiger charge is 2.28. The maximum Gasteiger partial charge on any atom is 0.253 e. The second kappa shape index (κ2) is 9.05. The summed E-state index contributed by atoms with van der Waals surface area (Å²) in [6.45, 7) is 5.02. The van der Waals surface area contributed by atoms with Gasteiger partial charge in [-0.1, -0.05) is 30.0 Å². The van der Waals surface area contributed by atoms with E-state index in [4.69, 9.17) is 0 Å². The smallest absolute Gasteiger partial charge is 0.253 e. The minimum absolute atomic E-state index is 0.0235. The molecule has 2 aromatic heterocycles. The number of rotatable bonds is 5. The van der Waals surface area contributed by atoms with Gasteiger partial charge in [0.2, 0.25) is 17.0 Å². The van der Waals surface area contributed by atoms with E-state index in [0.29, 0.717) is 36.9 Å². The van der Waals surface area contributed by atoms with Crippen LogP contribution in [0.25, 0.3) is 5.78 Å². The van der Waals surface area contributed by atoms with Crippen LogP contribution >= 0.6 is 11.8 Å². The zero-order valence-corrected chi connectivity index (χ0v) is 18.8. The Labute approximate surface area is 185 Å². The largest absolute Gasteiger partial charge is 0.342 e. The third-order valence-electron chi connectivity index (χ3n) is 5.80. The predicted molar refractivity (Wildman–Crippen MR) is 120 cm³/mol. The third-order valence-corrected chi connectivity index (χ3v) is 6.34. The first kappa shape index (κ1) is 21.3. The van der Waals surface area contributed by atoms with Crippen LogP contribution in [0.15, 0.2) is 35.5 Å². The second-order valence-corrected chi connectivity index (χ2v) is 8.53. The number of hydrogen-bond acceptors (Lipinski definition) is 6. The van der Waals surface area contributed by atoms with E-state index in [-0.39, 0.29) is 24.2 Å². The highest BCUT2D eigenvalue weighted by atomic mass is 32.2. The molecule has 0 unspecified atom stereocenters. The van der Waals surface area contributed by atoms with Crippen LogP contribution in [-0.4, -0.2) is 55.6 Å². The number of carbonyl (C=O) groups excluding carboxylic acids is 2. The predicted octanol–water partition coefficient (Wildman–Crippen LogP) is 2.88. The fraction of sp³-hybridized carbons (Fsp3) is 0.409. The van der Waals surface area contributed by atoms with Gasteiger partial charge in [0.25, 0.3) is 5.78 Å². The Balaban J connectivity index is 1.38. The number of aromatic nitrogens is 4. The third kappa shape index (κ3) is 4.56. The topological polar surface area (TPSA) is 92.5 Å². The molecular weight excluding hydrogens is 412 g/mol. The summed E-state index contributed by atoms with van der Waals surface area (Å²) in [4.78, 5) is 36.3. The lowest BCUT2D eigenvalue weighted by Crippen LogP contribution is -2.42. The van der Waals surface area contributed by atoms with Gasteiger partial charge in [-0.15, -0.1) is 5.10 Å². The monoisotopic (exact) mass is 438 g/mol. The van der Waals surface area contributed by atoms with Gasteiger partial charge >= 0.3 is 0 Å². The van der Waals surface area contributed by atoms with Crippen LogP contribution in [0.1, 0.15) is 29.8 Å². The van der Waals surface area contributed by atoms with Gasteiger partial charge in [0.05, 0.1) is 6.42 Å². The molecule has 1 saturated heterocycles. The summed E-state index contributed by atoms with van der Waals surface area (Å²) >= 11 is 1.46. The van der Waals surface area contributed by atoms with Crippen molar-refractivity contribution in [2.45, 2.75) is 38.3 Å². The van der Waals surface area contributed by atoms with E-state index < -0.39 is 0 Å². The molecule has 0 aliphatic carbocycles. The average molecular weight is 439 g/mol. The van der Waals surface area contributed by atoms with E-state index in [1.807, 2.05) is 55.3 Å². The number of amides is 2. The number of nitrogens with zero attached hydrogens (tertiary/aromatic N) is 5. The molecule has 2 amide bonds. The maximum absolute atomic E-state index is 13.0. The Morgan fingerprint density at radius 2 is 1.84 bits per heavy atom. The summed E-state index contributed by atoms with van der Waals surface area (Å²) in [5.74, 6) is 0.557. The van der Waals surface area contributed by atoms with Crippen LogP contribution in [0, 0.1) is 19.8 Å². The molecule has 4 rings (SSSR count). The molecule has 162 valence electrons. The Morgan fingerprint density at radius 3 is 2.52 bits per heavy atom. The number of benzene rings is 1. The van der Waals surface area contributed by atoms with E-state index in [2.05, 4.69) is 20.4 Å². The summed E-state index contributed by atoms with van der Waals surface area (Å²) in [6.07, 6.45) is 3.53. The van der Waals surface area contributed by atoms with Gasteiger partial charge in [-0.2, -0.15) is 4.98 Å². The molecule has 9 heteroatoms. The minimum atomic E-state index is -0.0779. The van der Waals surface area contributed by atoms with Gasteiger partial charge in [0.1, 0.15) is 0 Å². The lowest BCUT2D eigenvalue weighted by Gasteiger charge is -2.31. The Hall–Kier alpha value is -2.94. The first-order valence-electron chi connectivity index (χ1n) is 10.4. The van der Waals surface area contributed by atoms with E-state index in [9.17, 15) is 9.59 Å². The molecule has 1 aromatic carbocycles. The zero-order chi connectivity index (χ0) is 22.0. The van der Waals surface area contributed by atoms with Crippen molar-refractivity contribution in [2.75, 3.05) is 24.7 Å². The van der Waals surface area contributed by atoms with Crippen molar-refractivity contribution in [1.82, 2.24) is 24.5 Å². The average Bonchev–Trinajstić information content (AvgIpc) is 3.20. The van der Waals surface area contributed by atoms with Gasteiger partial charge in [0.15, 0.2) is 0 Å². The van der Waals surface area contributed by atoms with Crippen molar-refractivity contribution in [2.24, 2.45) is 5.92 Å². The molecule has 1 aliphatic heterocycles. The Kier molecular flexibility index (Phi) is 6.22. The molecule has 1 fully saturated rings. The van der Waals surface area contributed by atoms with E-state index >= 15 is 0 Å². The fourth-order valence-corrected chi connectivity index (χ4v) is 4.29. The molecule has 3 heterocycles. The van der Waals surface area contributed by atoms with Crippen LogP contribution in [0.2, 0.25) is 0 Å². The molecular formula is C22H26N6O2S. The maximum atomic E-state index is 13.0. The quantitative estimate of drug-likeness (QED) is 0.616. The van der Waals surface area contributed by atoms with Gasteiger partial charge in [-0.05, 0) is 45.1 Å². The number of likely N-dealkylation sites (tertiary alicyclic amines) is 1. The van der Waals surface area contributed by atoms with E-state index in [1.165, 1.54) is 11.8 Å². The number of fused-ring (bicyclic) bond motifs is 1. The number of piperidine rings is 1. The molecule has 8 nitrogen and oxygen atoms in total. The Bertz CT molecular complexity index is 1110. The summed E-state index contributed by atoms with van der Waals surface area (Å²) in [7, 11) is 0. The van der Waals surface area contributed by atoms with Crippen LogP contribution in [0.5, 0.6) is 0 Å². The molecule has 0 radical (unpaired) electrons. The van der Waals surface area contributed by atoms with Crippen molar-refractivity contribution in [1.29, 1.82) is 0 Å². The molecule has 31 heavy (non-hydrogen) atoms. The molecule has 1 N–H and O–H groups in total. The summed E-state index contributed by atoms with van der Waals surface area (Å²) in [5.41, 5.74) is 3.38. The minimum Gasteiger partial charge on any atom is -0.342 e. The van der Waals surface area contributed by atoms with Gasteiger partial charge < -0.3 is 10.2 Å². The fourth-order valence-electron chi connectivity index (χ4n) is 3.95. The highest BCUT2D eigenvalue weighted by molar-refractivity contribution is 7.98. The number of carbonyl (C=O) groups is 2. The number of anilines is 1. The first-order valence-corrected chi connectivity index (χ1v) is 11.6. The van der Waals surface area contributed by atoms with Gasteiger partial charge in [-0.3, -0.25) is 9.59 Å². The van der Waals surface area contributed by atoms with Crippen molar-refractivity contribution in [3.8, 4) is 0 Å². The van der Waals surface area contributed by atoms with Crippen LogP contribution in [-0.2, 0) is 16.0 Å². The van der Waals surface area contributed by atoms with Crippen LogP contribution in [0.3, 0.4) is 0 Å². The summed E-state index contributed by atoms with van der Waals surface area (Å²) in [6, 6.07) is 9.47. The van der Waals surface area contributed by atoms with Gasteiger partial charge in [0, 0.05) is 41.6 Å². The van der Waals surface area contributed by atoms with Crippen molar-refractivity contribution in [3.63, 3.8) is 0 Å². The van der Waals surface area contributed by atoms with Crippen molar-refractivity contribution < 1.29 is 9.59 Å². The number of para-hydroxylation sites is 1. The van der Waals surface area contributed by atoms with Gasteiger partial charge in [-0.25, -0.2) is 9.50 Å². The normalized spacial score (nSPS) is 14.7. The number of thioether (sulfide) groups is 1. The summed E-state index contributed by atoms with van der Waals surface area (Å²) in [5, 5.41) is 8.08. The molecule has 0 saturated carbocycles. The van der Waals surface area contributed by atoms with Crippen molar-refractivity contribution in [3.05, 3.63) is 47.3 Å². The molecule has 0 atom stereocenters. The second-order valence-electron chi connectivity index (χ2n) is 7.76. The molecule has 3 aromatic rings.